The molecule has 0 aromatic heterocycles. The second kappa shape index (κ2) is 7.51. The van der Waals surface area contributed by atoms with Gasteiger partial charge in [-0.2, -0.15) is 13.2 Å². The van der Waals surface area contributed by atoms with Gasteiger partial charge in [-0.25, -0.2) is 0 Å². The zero-order valence-corrected chi connectivity index (χ0v) is 13.7. The van der Waals surface area contributed by atoms with Crippen LogP contribution in [0.15, 0.2) is 54.6 Å². The number of benzene rings is 2. The summed E-state index contributed by atoms with van der Waals surface area (Å²) < 4.78 is 37.9. The van der Waals surface area contributed by atoms with Crippen molar-refractivity contribution >= 4 is 5.91 Å². The first-order chi connectivity index (χ1) is 11.3. The highest BCUT2D eigenvalue weighted by Crippen LogP contribution is 2.29. The Bertz CT molecular complexity index is 663. The van der Waals surface area contributed by atoms with Crippen LogP contribution in [0.5, 0.6) is 0 Å². The summed E-state index contributed by atoms with van der Waals surface area (Å²) in [5, 5.41) is 0. The molecule has 0 aliphatic heterocycles. The first-order valence-electron chi connectivity index (χ1n) is 7.76. The van der Waals surface area contributed by atoms with Crippen LogP contribution in [-0.2, 0) is 24.1 Å². The maximum absolute atomic E-state index is 12.6. The van der Waals surface area contributed by atoms with Crippen LogP contribution in [0.4, 0.5) is 13.2 Å². The molecule has 2 aromatic rings. The molecule has 0 fully saturated rings. The summed E-state index contributed by atoms with van der Waals surface area (Å²) in [7, 11) is 0. The Labute approximate surface area is 139 Å². The van der Waals surface area contributed by atoms with E-state index in [-0.39, 0.29) is 18.4 Å². The van der Waals surface area contributed by atoms with Crippen LogP contribution in [0.1, 0.15) is 30.5 Å². The molecular formula is C19H20F3NO. The predicted molar refractivity (Wildman–Crippen MR) is 87.0 cm³/mol. The van der Waals surface area contributed by atoms with Crippen molar-refractivity contribution in [2.24, 2.45) is 5.92 Å². The van der Waals surface area contributed by atoms with Gasteiger partial charge >= 0.3 is 6.18 Å². The third-order valence-electron chi connectivity index (χ3n) is 3.68. The molecule has 0 spiro atoms. The Morgan fingerprint density at radius 3 is 1.88 bits per heavy atom. The van der Waals surface area contributed by atoms with Crippen LogP contribution in [0.2, 0.25) is 0 Å². The van der Waals surface area contributed by atoms with Crippen molar-refractivity contribution < 1.29 is 18.0 Å². The molecule has 0 aliphatic rings. The van der Waals surface area contributed by atoms with Crippen molar-refractivity contribution in [1.82, 2.24) is 4.90 Å². The van der Waals surface area contributed by atoms with Gasteiger partial charge in [0.05, 0.1) is 5.56 Å². The fraction of sp³-hybridized carbons (Fsp3) is 0.316. The number of alkyl halides is 3. The average molecular weight is 335 g/mol. The second-order valence-corrected chi connectivity index (χ2v) is 6.03. The molecular weight excluding hydrogens is 315 g/mol. The zero-order chi connectivity index (χ0) is 17.7. The first kappa shape index (κ1) is 18.0. The minimum absolute atomic E-state index is 0.0289. The molecule has 0 unspecified atom stereocenters. The van der Waals surface area contributed by atoms with Crippen LogP contribution >= 0.6 is 0 Å². The van der Waals surface area contributed by atoms with Gasteiger partial charge in [0.2, 0.25) is 5.91 Å². The third-order valence-corrected chi connectivity index (χ3v) is 3.68. The monoisotopic (exact) mass is 335 g/mol. The molecule has 0 saturated carbocycles. The Hall–Kier alpha value is -2.30. The highest BCUT2D eigenvalue weighted by Gasteiger charge is 2.30. The first-order valence-corrected chi connectivity index (χ1v) is 7.76. The largest absolute Gasteiger partial charge is 0.416 e. The number of hydrogen-bond acceptors (Lipinski definition) is 1. The van der Waals surface area contributed by atoms with Gasteiger partial charge < -0.3 is 4.90 Å². The molecule has 24 heavy (non-hydrogen) atoms. The maximum atomic E-state index is 12.6. The van der Waals surface area contributed by atoms with Gasteiger partial charge in [-0.1, -0.05) is 56.3 Å². The van der Waals surface area contributed by atoms with Gasteiger partial charge in [-0.15, -0.1) is 0 Å². The molecule has 2 aromatic carbocycles. The number of amides is 1. The lowest BCUT2D eigenvalue weighted by atomic mass is 10.1. The minimum atomic E-state index is -4.35. The van der Waals surface area contributed by atoms with E-state index < -0.39 is 11.7 Å². The molecule has 2 rings (SSSR count). The fourth-order valence-electron chi connectivity index (χ4n) is 2.40. The number of nitrogens with zero attached hydrogens (tertiary/aromatic N) is 1. The number of carbonyl (C=O) groups excluding carboxylic acids is 1. The SMILES string of the molecule is CC(C)C(=O)N(Cc1ccccc1)Cc1ccc(C(F)(F)F)cc1. The molecule has 1 amide bonds. The quantitative estimate of drug-likeness (QED) is 0.762. The second-order valence-electron chi connectivity index (χ2n) is 6.03. The number of hydrogen-bond donors (Lipinski definition) is 0. The summed E-state index contributed by atoms with van der Waals surface area (Å²) in [6.07, 6.45) is -4.35. The lowest BCUT2D eigenvalue weighted by Crippen LogP contribution is -2.33. The van der Waals surface area contributed by atoms with Crippen molar-refractivity contribution in [2.75, 3.05) is 0 Å². The van der Waals surface area contributed by atoms with Gasteiger partial charge in [0, 0.05) is 19.0 Å². The smallest absolute Gasteiger partial charge is 0.334 e. The van der Waals surface area contributed by atoms with Crippen LogP contribution in [-0.4, -0.2) is 10.8 Å². The van der Waals surface area contributed by atoms with E-state index in [1.54, 1.807) is 4.90 Å². The number of halogens is 3. The fourth-order valence-corrected chi connectivity index (χ4v) is 2.40. The molecule has 5 heteroatoms. The molecule has 0 N–H and O–H groups in total. The van der Waals surface area contributed by atoms with Gasteiger partial charge in [0.1, 0.15) is 0 Å². The Balaban J connectivity index is 2.17. The minimum Gasteiger partial charge on any atom is -0.334 e. The van der Waals surface area contributed by atoms with Gasteiger partial charge in [0.25, 0.3) is 0 Å². The molecule has 0 aliphatic carbocycles. The molecule has 2 nitrogen and oxygen atoms in total. The third kappa shape index (κ3) is 4.85. The van der Waals surface area contributed by atoms with Gasteiger partial charge in [-0.3, -0.25) is 4.79 Å². The Kier molecular flexibility index (Phi) is 5.65. The summed E-state index contributed by atoms with van der Waals surface area (Å²) >= 11 is 0. The van der Waals surface area contributed by atoms with Crippen molar-refractivity contribution in [1.29, 1.82) is 0 Å². The van der Waals surface area contributed by atoms with Crippen molar-refractivity contribution in [3.63, 3.8) is 0 Å². The van der Waals surface area contributed by atoms with Crippen molar-refractivity contribution in [3.05, 3.63) is 71.3 Å². The van der Waals surface area contributed by atoms with E-state index in [9.17, 15) is 18.0 Å². The molecule has 0 atom stereocenters. The lowest BCUT2D eigenvalue weighted by molar-refractivity contribution is -0.138. The molecule has 0 bridgehead atoms. The topological polar surface area (TPSA) is 20.3 Å². The normalized spacial score (nSPS) is 11.6. The van der Waals surface area contributed by atoms with Gasteiger partial charge in [-0.05, 0) is 23.3 Å². The van der Waals surface area contributed by atoms with Crippen LogP contribution in [0.3, 0.4) is 0 Å². The van der Waals surface area contributed by atoms with Crippen LogP contribution < -0.4 is 0 Å². The molecule has 0 radical (unpaired) electrons. The summed E-state index contributed by atoms with van der Waals surface area (Å²) in [6.45, 7) is 4.34. The standard InChI is InChI=1S/C19H20F3NO/c1-14(2)18(24)23(12-15-6-4-3-5-7-15)13-16-8-10-17(11-9-16)19(20,21)22/h3-11,14H,12-13H2,1-2H3. The van der Waals surface area contributed by atoms with Gasteiger partial charge in [0.15, 0.2) is 0 Å². The number of rotatable bonds is 5. The molecule has 128 valence electrons. The predicted octanol–water partition coefficient (Wildman–Crippen LogP) is 4.89. The van der Waals surface area contributed by atoms with E-state index in [0.717, 1.165) is 17.7 Å². The molecule has 0 heterocycles. The Morgan fingerprint density at radius 1 is 0.917 bits per heavy atom. The van der Waals surface area contributed by atoms with E-state index in [1.807, 2.05) is 44.2 Å². The van der Waals surface area contributed by atoms with E-state index in [2.05, 4.69) is 0 Å². The summed E-state index contributed by atoms with van der Waals surface area (Å²) in [6, 6.07) is 14.5. The highest BCUT2D eigenvalue weighted by molar-refractivity contribution is 5.78. The van der Waals surface area contributed by atoms with E-state index in [1.165, 1.54) is 12.1 Å². The van der Waals surface area contributed by atoms with Crippen LogP contribution in [0.25, 0.3) is 0 Å². The molecule has 0 saturated heterocycles. The zero-order valence-electron chi connectivity index (χ0n) is 13.7. The van der Waals surface area contributed by atoms with E-state index in [0.29, 0.717) is 12.1 Å². The lowest BCUT2D eigenvalue weighted by Gasteiger charge is -2.25. The maximum Gasteiger partial charge on any atom is 0.416 e. The average Bonchev–Trinajstić information content (AvgIpc) is 2.54. The van der Waals surface area contributed by atoms with E-state index >= 15 is 0 Å². The summed E-state index contributed by atoms with van der Waals surface area (Å²) in [5.74, 6) is -0.207. The number of carbonyl (C=O) groups is 1. The Morgan fingerprint density at radius 2 is 1.42 bits per heavy atom. The summed E-state index contributed by atoms with van der Waals surface area (Å²) in [5.41, 5.74) is 0.974. The van der Waals surface area contributed by atoms with Crippen molar-refractivity contribution in [2.45, 2.75) is 33.1 Å². The summed E-state index contributed by atoms with van der Waals surface area (Å²) in [4.78, 5) is 14.1. The van der Waals surface area contributed by atoms with E-state index in [4.69, 9.17) is 0 Å². The highest BCUT2D eigenvalue weighted by atomic mass is 19.4. The van der Waals surface area contributed by atoms with Crippen LogP contribution in [0, 0.1) is 5.92 Å². The van der Waals surface area contributed by atoms with Crippen molar-refractivity contribution in [3.8, 4) is 0 Å².